The van der Waals surface area contributed by atoms with Gasteiger partial charge in [-0.25, -0.2) is 4.98 Å². The molecule has 2 aromatic carbocycles. The zero-order chi connectivity index (χ0) is 21.0. The van der Waals surface area contributed by atoms with Crippen molar-refractivity contribution in [1.82, 2.24) is 9.88 Å². The molecule has 0 saturated carbocycles. The first-order chi connectivity index (χ1) is 14.0. The van der Waals surface area contributed by atoms with E-state index in [4.69, 9.17) is 32.9 Å². The molecule has 0 fully saturated rings. The predicted molar refractivity (Wildman–Crippen MR) is 122 cm³/mol. The molecule has 154 valence electrons. The van der Waals surface area contributed by atoms with Crippen LogP contribution in [0.1, 0.15) is 24.2 Å². The highest BCUT2D eigenvalue weighted by molar-refractivity contribution is 7.22. The molecule has 29 heavy (non-hydrogen) atoms. The lowest BCUT2D eigenvalue weighted by molar-refractivity contribution is 0.0984. The average molecular weight is 452 g/mol. The summed E-state index contributed by atoms with van der Waals surface area (Å²) in [6.07, 6.45) is 0. The molecule has 0 N–H and O–H groups in total. The third-order valence-electron chi connectivity index (χ3n) is 4.76. The summed E-state index contributed by atoms with van der Waals surface area (Å²) in [6.45, 7) is 7.29. The first kappa shape index (κ1) is 21.8. The Morgan fingerprint density at radius 2 is 1.86 bits per heavy atom. The molecule has 1 amide bonds. The van der Waals surface area contributed by atoms with Crippen LogP contribution in [-0.4, -0.2) is 49.1 Å². The van der Waals surface area contributed by atoms with Gasteiger partial charge in [-0.3, -0.25) is 9.69 Å². The number of carbonyl (C=O) groups is 1. The molecule has 0 spiro atoms. The maximum Gasteiger partial charge on any atom is 0.261 e. The number of likely N-dealkylation sites (N-methyl/N-ethyl adjacent to an activating group) is 1. The van der Waals surface area contributed by atoms with Gasteiger partial charge in [-0.05, 0) is 43.4 Å². The largest absolute Gasteiger partial charge is 0.497 e. The van der Waals surface area contributed by atoms with Crippen LogP contribution in [0.15, 0.2) is 36.4 Å². The number of benzene rings is 2. The minimum Gasteiger partial charge on any atom is -0.497 e. The van der Waals surface area contributed by atoms with Crippen LogP contribution in [0.2, 0.25) is 10.0 Å². The number of fused-ring (bicyclic) bond motifs is 1. The molecule has 0 bridgehead atoms. The Morgan fingerprint density at radius 1 is 1.10 bits per heavy atom. The van der Waals surface area contributed by atoms with E-state index in [-0.39, 0.29) is 5.91 Å². The third-order valence-corrected chi connectivity index (χ3v) is 6.36. The summed E-state index contributed by atoms with van der Waals surface area (Å²) in [5.41, 5.74) is 1.21. The molecule has 5 nitrogen and oxygen atoms in total. The minimum atomic E-state index is -0.190. The van der Waals surface area contributed by atoms with Crippen LogP contribution >= 0.6 is 34.5 Å². The Labute approximate surface area is 184 Å². The predicted octanol–water partition coefficient (Wildman–Crippen LogP) is 5.60. The average Bonchev–Trinajstić information content (AvgIpc) is 3.13. The van der Waals surface area contributed by atoms with Crippen molar-refractivity contribution in [3.63, 3.8) is 0 Å². The number of rotatable bonds is 8. The number of aromatic nitrogens is 1. The fourth-order valence-corrected chi connectivity index (χ4v) is 4.47. The molecule has 0 radical (unpaired) electrons. The normalized spacial score (nSPS) is 11.2. The number of ether oxygens (including phenoxy) is 1. The summed E-state index contributed by atoms with van der Waals surface area (Å²) < 4.78 is 6.28. The Balaban J connectivity index is 1.99. The van der Waals surface area contributed by atoms with Crippen LogP contribution in [0.4, 0.5) is 5.13 Å². The van der Waals surface area contributed by atoms with Gasteiger partial charge in [0.15, 0.2) is 5.13 Å². The highest BCUT2D eigenvalue weighted by Gasteiger charge is 2.24. The SMILES string of the molecule is CCN(CC)CCN(C(=O)c1ccc(Cl)cc1Cl)c1nc2cc(OC)ccc2s1. The summed E-state index contributed by atoms with van der Waals surface area (Å²) in [5.74, 6) is 0.543. The molecule has 0 saturated heterocycles. The van der Waals surface area contributed by atoms with Crippen molar-refractivity contribution >= 4 is 55.8 Å². The number of hydrogen-bond acceptors (Lipinski definition) is 5. The van der Waals surface area contributed by atoms with Crippen LogP contribution in [0.3, 0.4) is 0 Å². The van der Waals surface area contributed by atoms with Crippen LogP contribution in [0, 0.1) is 0 Å². The van der Waals surface area contributed by atoms with Gasteiger partial charge in [0, 0.05) is 24.2 Å². The topological polar surface area (TPSA) is 45.7 Å². The Hall–Kier alpha value is -1.86. The molecule has 0 aliphatic rings. The van der Waals surface area contributed by atoms with E-state index in [1.165, 1.54) is 11.3 Å². The van der Waals surface area contributed by atoms with Gasteiger partial charge in [0.05, 0.1) is 27.9 Å². The number of thiazole rings is 1. The molecule has 0 atom stereocenters. The second-order valence-corrected chi connectivity index (χ2v) is 8.29. The fraction of sp³-hybridized carbons (Fsp3) is 0.333. The van der Waals surface area contributed by atoms with Gasteiger partial charge in [0.1, 0.15) is 5.75 Å². The van der Waals surface area contributed by atoms with Gasteiger partial charge in [-0.2, -0.15) is 0 Å². The second kappa shape index (κ2) is 9.76. The summed E-state index contributed by atoms with van der Waals surface area (Å²) in [6, 6.07) is 10.6. The molecule has 3 aromatic rings. The van der Waals surface area contributed by atoms with E-state index in [0.29, 0.717) is 27.3 Å². The van der Waals surface area contributed by atoms with Crippen molar-refractivity contribution in [1.29, 1.82) is 0 Å². The summed E-state index contributed by atoms with van der Waals surface area (Å²) in [4.78, 5) is 22.1. The van der Waals surface area contributed by atoms with Crippen molar-refractivity contribution in [3.05, 3.63) is 52.0 Å². The van der Waals surface area contributed by atoms with Gasteiger partial charge in [0.25, 0.3) is 5.91 Å². The summed E-state index contributed by atoms with van der Waals surface area (Å²) in [5, 5.41) is 1.46. The van der Waals surface area contributed by atoms with Gasteiger partial charge >= 0.3 is 0 Å². The number of anilines is 1. The van der Waals surface area contributed by atoms with Crippen LogP contribution < -0.4 is 9.64 Å². The molecule has 0 aliphatic heterocycles. The Morgan fingerprint density at radius 3 is 2.52 bits per heavy atom. The molecular formula is C21H23Cl2N3O2S. The molecule has 1 heterocycles. The minimum absolute atomic E-state index is 0.190. The van der Waals surface area contributed by atoms with Crippen molar-refractivity contribution in [3.8, 4) is 5.75 Å². The summed E-state index contributed by atoms with van der Waals surface area (Å²) in [7, 11) is 1.62. The Kier molecular flexibility index (Phi) is 7.35. The third kappa shape index (κ3) is 5.01. The van der Waals surface area contributed by atoms with Gasteiger partial charge in [0.2, 0.25) is 0 Å². The first-order valence-electron chi connectivity index (χ1n) is 9.40. The zero-order valence-corrected chi connectivity index (χ0v) is 18.9. The van der Waals surface area contributed by atoms with E-state index in [0.717, 1.165) is 35.6 Å². The molecule has 1 aromatic heterocycles. The maximum absolute atomic E-state index is 13.4. The summed E-state index contributed by atoms with van der Waals surface area (Å²) >= 11 is 13.8. The standard InChI is InChI=1S/C21H23Cl2N3O2S/c1-4-25(5-2)10-11-26(20(27)16-8-6-14(22)12-17(16)23)21-24-18-13-15(28-3)7-9-19(18)29-21/h6-9,12-13H,4-5,10-11H2,1-3H3. The smallest absolute Gasteiger partial charge is 0.261 e. The zero-order valence-electron chi connectivity index (χ0n) is 16.6. The molecular weight excluding hydrogens is 429 g/mol. The molecule has 0 unspecified atom stereocenters. The van der Waals surface area contributed by atoms with Crippen molar-refractivity contribution in [2.75, 3.05) is 38.2 Å². The van der Waals surface area contributed by atoms with E-state index in [2.05, 4.69) is 18.7 Å². The molecule has 8 heteroatoms. The number of methoxy groups -OCH3 is 1. The van der Waals surface area contributed by atoms with E-state index in [9.17, 15) is 4.79 Å². The quantitative estimate of drug-likeness (QED) is 0.446. The number of nitrogens with zero attached hydrogens (tertiary/aromatic N) is 3. The molecule has 3 rings (SSSR count). The number of amides is 1. The van der Waals surface area contributed by atoms with E-state index >= 15 is 0 Å². The van der Waals surface area contributed by atoms with Crippen LogP contribution in [0.5, 0.6) is 5.75 Å². The van der Waals surface area contributed by atoms with Crippen LogP contribution in [0.25, 0.3) is 10.2 Å². The maximum atomic E-state index is 13.4. The van der Waals surface area contributed by atoms with Crippen molar-refractivity contribution in [2.45, 2.75) is 13.8 Å². The van der Waals surface area contributed by atoms with Crippen molar-refractivity contribution in [2.24, 2.45) is 0 Å². The van der Waals surface area contributed by atoms with Crippen molar-refractivity contribution < 1.29 is 9.53 Å². The van der Waals surface area contributed by atoms with Gasteiger partial charge < -0.3 is 9.64 Å². The lowest BCUT2D eigenvalue weighted by atomic mass is 10.2. The number of hydrogen-bond donors (Lipinski definition) is 0. The van der Waals surface area contributed by atoms with E-state index in [1.54, 1.807) is 30.2 Å². The van der Waals surface area contributed by atoms with E-state index in [1.807, 2.05) is 18.2 Å². The van der Waals surface area contributed by atoms with E-state index < -0.39 is 0 Å². The second-order valence-electron chi connectivity index (χ2n) is 6.44. The first-order valence-corrected chi connectivity index (χ1v) is 11.0. The van der Waals surface area contributed by atoms with Crippen LogP contribution in [-0.2, 0) is 0 Å². The van der Waals surface area contributed by atoms with Gasteiger partial charge in [-0.1, -0.05) is 48.4 Å². The number of halogens is 2. The molecule has 0 aliphatic carbocycles. The lowest BCUT2D eigenvalue weighted by Gasteiger charge is -2.25. The van der Waals surface area contributed by atoms with Gasteiger partial charge in [-0.15, -0.1) is 0 Å². The monoisotopic (exact) mass is 451 g/mol. The highest BCUT2D eigenvalue weighted by atomic mass is 35.5. The Bertz CT molecular complexity index is 1000. The number of carbonyl (C=O) groups excluding carboxylic acids is 1. The fourth-order valence-electron chi connectivity index (χ4n) is 3.01. The highest BCUT2D eigenvalue weighted by Crippen LogP contribution is 2.33. The lowest BCUT2D eigenvalue weighted by Crippen LogP contribution is -2.39.